The molecule has 34 heavy (non-hydrogen) atoms. The highest BCUT2D eigenvalue weighted by Crippen LogP contribution is 2.38. The van der Waals surface area contributed by atoms with Gasteiger partial charge in [-0.05, 0) is 41.0 Å². The minimum atomic E-state index is -0.271. The van der Waals surface area contributed by atoms with Crippen molar-refractivity contribution in [3.05, 3.63) is 101 Å². The first-order valence-electron chi connectivity index (χ1n) is 10.8. The number of hydrogen-bond acceptors (Lipinski definition) is 5. The van der Waals surface area contributed by atoms with Crippen LogP contribution in [0.5, 0.6) is 17.2 Å². The van der Waals surface area contributed by atoms with Gasteiger partial charge in [0.1, 0.15) is 6.61 Å². The van der Waals surface area contributed by atoms with Gasteiger partial charge in [0.25, 0.3) is 5.91 Å². The second kappa shape index (κ2) is 10.5. The summed E-state index contributed by atoms with van der Waals surface area (Å²) in [6.07, 6.45) is 1.55. The fraction of sp³-hybridized carbons (Fsp3) is 0.143. The number of nitrogens with one attached hydrogen (secondary N) is 1. The Morgan fingerprint density at radius 1 is 0.912 bits per heavy atom. The third-order valence-corrected chi connectivity index (χ3v) is 5.45. The van der Waals surface area contributed by atoms with Crippen LogP contribution >= 0.6 is 0 Å². The van der Waals surface area contributed by atoms with E-state index in [0.717, 1.165) is 21.9 Å². The fourth-order valence-electron chi connectivity index (χ4n) is 3.75. The molecule has 0 saturated heterocycles. The Balaban J connectivity index is 1.53. The predicted octanol–water partition coefficient (Wildman–Crippen LogP) is 5.51. The van der Waals surface area contributed by atoms with Crippen LogP contribution in [0.1, 0.15) is 27.0 Å². The summed E-state index contributed by atoms with van der Waals surface area (Å²) in [5.41, 5.74) is 5.85. The van der Waals surface area contributed by atoms with Gasteiger partial charge in [-0.15, -0.1) is 0 Å². The molecule has 0 bridgehead atoms. The van der Waals surface area contributed by atoms with E-state index in [4.69, 9.17) is 14.2 Å². The first-order valence-corrected chi connectivity index (χ1v) is 10.8. The van der Waals surface area contributed by atoms with Crippen molar-refractivity contribution in [3.8, 4) is 17.2 Å². The number of methoxy groups -OCH3 is 2. The van der Waals surface area contributed by atoms with Crippen molar-refractivity contribution in [2.45, 2.75) is 13.5 Å². The molecule has 0 aliphatic rings. The lowest BCUT2D eigenvalue weighted by molar-refractivity contribution is 0.0956. The summed E-state index contributed by atoms with van der Waals surface area (Å²) in [5.74, 6) is 1.25. The zero-order chi connectivity index (χ0) is 23.9. The summed E-state index contributed by atoms with van der Waals surface area (Å²) in [5, 5.41) is 6.05. The Morgan fingerprint density at radius 2 is 1.59 bits per heavy atom. The largest absolute Gasteiger partial charge is 0.493 e. The molecule has 0 saturated carbocycles. The molecule has 0 aromatic heterocycles. The molecule has 4 aromatic carbocycles. The van der Waals surface area contributed by atoms with E-state index in [2.05, 4.69) is 10.5 Å². The van der Waals surface area contributed by atoms with Crippen molar-refractivity contribution in [3.63, 3.8) is 0 Å². The van der Waals surface area contributed by atoms with E-state index in [1.165, 1.54) is 0 Å². The van der Waals surface area contributed by atoms with Crippen molar-refractivity contribution in [1.29, 1.82) is 0 Å². The zero-order valence-corrected chi connectivity index (χ0v) is 19.4. The highest BCUT2D eigenvalue weighted by Gasteiger charge is 2.15. The molecule has 6 nitrogen and oxygen atoms in total. The van der Waals surface area contributed by atoms with E-state index in [9.17, 15) is 4.79 Å². The van der Waals surface area contributed by atoms with E-state index in [0.29, 0.717) is 35.0 Å². The topological polar surface area (TPSA) is 69.2 Å². The van der Waals surface area contributed by atoms with E-state index in [1.54, 1.807) is 32.6 Å². The van der Waals surface area contributed by atoms with Crippen LogP contribution in [0.25, 0.3) is 10.8 Å². The van der Waals surface area contributed by atoms with Gasteiger partial charge < -0.3 is 14.2 Å². The standard InChI is InChI=1S/C28H26N2O4/c1-19-13-14-22-11-7-8-12-23(22)26(19)28(31)30-29-17-21-15-24(32-2)27(25(16-21)33-3)34-18-20-9-5-4-6-10-20/h4-17H,18H2,1-3H3,(H,30,31)/b29-17-. The second-order valence-corrected chi connectivity index (χ2v) is 7.71. The van der Waals surface area contributed by atoms with Gasteiger partial charge in [-0.25, -0.2) is 5.43 Å². The maximum atomic E-state index is 12.9. The molecule has 0 heterocycles. The van der Waals surface area contributed by atoms with Gasteiger partial charge in [-0.2, -0.15) is 5.10 Å². The lowest BCUT2D eigenvalue weighted by Crippen LogP contribution is -2.19. The molecule has 0 atom stereocenters. The molecule has 0 unspecified atom stereocenters. The summed E-state index contributed by atoms with van der Waals surface area (Å²) >= 11 is 0. The van der Waals surface area contributed by atoms with Gasteiger partial charge in [0, 0.05) is 5.56 Å². The number of carbonyl (C=O) groups is 1. The van der Waals surface area contributed by atoms with E-state index in [1.807, 2.05) is 73.7 Å². The third-order valence-electron chi connectivity index (χ3n) is 5.45. The van der Waals surface area contributed by atoms with Crippen molar-refractivity contribution in [1.82, 2.24) is 5.43 Å². The number of aryl methyl sites for hydroxylation is 1. The van der Waals surface area contributed by atoms with Gasteiger partial charge in [-0.3, -0.25) is 4.79 Å². The van der Waals surface area contributed by atoms with Crippen molar-refractivity contribution in [2.24, 2.45) is 5.10 Å². The summed E-state index contributed by atoms with van der Waals surface area (Å²) in [4.78, 5) is 12.9. The molecule has 0 spiro atoms. The highest BCUT2D eigenvalue weighted by atomic mass is 16.5. The number of benzene rings is 4. The van der Waals surface area contributed by atoms with Crippen LogP contribution in [0.15, 0.2) is 84.0 Å². The van der Waals surface area contributed by atoms with Crippen LogP contribution in [-0.2, 0) is 6.61 Å². The molecular formula is C28H26N2O4. The van der Waals surface area contributed by atoms with Crippen LogP contribution in [0, 0.1) is 6.92 Å². The SMILES string of the molecule is COc1cc(/C=N\NC(=O)c2c(C)ccc3ccccc23)cc(OC)c1OCc1ccccc1. The molecule has 6 heteroatoms. The Labute approximate surface area is 198 Å². The molecule has 0 fully saturated rings. The molecule has 0 aliphatic heterocycles. The van der Waals surface area contributed by atoms with Crippen LogP contribution in [0.2, 0.25) is 0 Å². The van der Waals surface area contributed by atoms with Crippen LogP contribution in [0.3, 0.4) is 0 Å². The molecule has 172 valence electrons. The lowest BCUT2D eigenvalue weighted by Gasteiger charge is -2.15. The number of hydrazone groups is 1. The molecule has 0 aliphatic carbocycles. The summed E-state index contributed by atoms with van der Waals surface area (Å²) in [7, 11) is 3.13. The quantitative estimate of drug-likeness (QED) is 0.282. The van der Waals surface area contributed by atoms with Gasteiger partial charge in [-0.1, -0.05) is 66.7 Å². The molecular weight excluding hydrogens is 428 g/mol. The smallest absolute Gasteiger partial charge is 0.272 e. The maximum absolute atomic E-state index is 12.9. The first-order chi connectivity index (χ1) is 16.6. The van der Waals surface area contributed by atoms with Crippen LogP contribution in [0.4, 0.5) is 0 Å². The third kappa shape index (κ3) is 5.02. The number of hydrogen-bond donors (Lipinski definition) is 1. The maximum Gasteiger partial charge on any atom is 0.272 e. The normalized spacial score (nSPS) is 10.9. The van der Waals surface area contributed by atoms with Crippen LogP contribution in [-0.4, -0.2) is 26.3 Å². The Kier molecular flexibility index (Phi) is 7.08. The summed E-state index contributed by atoms with van der Waals surface area (Å²) < 4.78 is 17.0. The van der Waals surface area contributed by atoms with Crippen molar-refractivity contribution in [2.75, 3.05) is 14.2 Å². The fourth-order valence-corrected chi connectivity index (χ4v) is 3.75. The van der Waals surface area contributed by atoms with Crippen LogP contribution < -0.4 is 19.6 Å². The molecule has 1 amide bonds. The Morgan fingerprint density at radius 3 is 2.29 bits per heavy atom. The minimum absolute atomic E-state index is 0.271. The number of nitrogens with zero attached hydrogens (tertiary/aromatic N) is 1. The average Bonchev–Trinajstić information content (AvgIpc) is 2.87. The van der Waals surface area contributed by atoms with Gasteiger partial charge in [0.15, 0.2) is 11.5 Å². The molecule has 4 rings (SSSR count). The van der Waals surface area contributed by atoms with E-state index >= 15 is 0 Å². The average molecular weight is 455 g/mol. The Hall–Kier alpha value is -4.32. The predicted molar refractivity (Wildman–Crippen MR) is 134 cm³/mol. The zero-order valence-electron chi connectivity index (χ0n) is 19.4. The number of ether oxygens (including phenoxy) is 3. The number of amides is 1. The molecule has 0 radical (unpaired) electrons. The van der Waals surface area contributed by atoms with Crippen molar-refractivity contribution < 1.29 is 19.0 Å². The number of carbonyl (C=O) groups excluding carboxylic acids is 1. The summed E-state index contributed by atoms with van der Waals surface area (Å²) in [6.45, 7) is 2.29. The number of rotatable bonds is 8. The monoisotopic (exact) mass is 454 g/mol. The lowest BCUT2D eigenvalue weighted by atomic mass is 9.99. The van der Waals surface area contributed by atoms with Gasteiger partial charge in [0.2, 0.25) is 5.75 Å². The first kappa shape index (κ1) is 22.9. The second-order valence-electron chi connectivity index (χ2n) is 7.71. The van der Waals surface area contributed by atoms with Gasteiger partial charge in [0.05, 0.1) is 26.0 Å². The van der Waals surface area contributed by atoms with Crippen molar-refractivity contribution >= 4 is 22.9 Å². The molecule has 4 aromatic rings. The minimum Gasteiger partial charge on any atom is -0.493 e. The van der Waals surface area contributed by atoms with E-state index < -0.39 is 0 Å². The Bertz CT molecular complexity index is 1310. The van der Waals surface area contributed by atoms with Gasteiger partial charge >= 0.3 is 0 Å². The summed E-state index contributed by atoms with van der Waals surface area (Å²) in [6, 6.07) is 25.1. The molecule has 1 N–H and O–H groups in total. The van der Waals surface area contributed by atoms with E-state index in [-0.39, 0.29) is 5.91 Å². The number of fused-ring (bicyclic) bond motifs is 1. The highest BCUT2D eigenvalue weighted by molar-refractivity contribution is 6.08.